The molecule has 1 aliphatic rings. The topological polar surface area (TPSA) is 83.9 Å². The molecule has 0 unspecified atom stereocenters. The predicted molar refractivity (Wildman–Crippen MR) is 84.4 cm³/mol. The number of carbonyl (C=O) groups is 3. The normalized spacial score (nSPS) is 14.1. The smallest absolute Gasteiger partial charge is 0.337 e. The second-order valence-corrected chi connectivity index (χ2v) is 5.47. The van der Waals surface area contributed by atoms with E-state index in [4.69, 9.17) is 4.84 Å². The van der Waals surface area contributed by atoms with Crippen molar-refractivity contribution in [2.45, 2.75) is 19.3 Å². The molecule has 6 heteroatoms. The highest BCUT2D eigenvalue weighted by molar-refractivity contribution is 6.01. The fourth-order valence-corrected chi connectivity index (χ4v) is 2.50. The van der Waals surface area contributed by atoms with Gasteiger partial charge in [-0.1, -0.05) is 36.4 Å². The summed E-state index contributed by atoms with van der Waals surface area (Å²) < 4.78 is 0. The van der Waals surface area contributed by atoms with Crippen LogP contribution in [0, 0.1) is 0 Å². The van der Waals surface area contributed by atoms with Gasteiger partial charge in [-0.3, -0.25) is 9.59 Å². The zero-order valence-corrected chi connectivity index (χ0v) is 12.8. The number of hydrogen-bond acceptors (Lipinski definition) is 5. The Morgan fingerprint density at radius 2 is 1.62 bits per heavy atom. The van der Waals surface area contributed by atoms with Crippen LogP contribution in [0.25, 0.3) is 11.1 Å². The number of amides is 2. The number of benzene rings is 2. The zero-order valence-electron chi connectivity index (χ0n) is 12.8. The number of hydroxylamine groups is 2. The first-order chi connectivity index (χ1) is 11.5. The zero-order chi connectivity index (χ0) is 17.1. The number of phenols is 1. The van der Waals surface area contributed by atoms with Gasteiger partial charge in [-0.25, -0.2) is 4.79 Å². The van der Waals surface area contributed by atoms with Crippen molar-refractivity contribution < 1.29 is 24.3 Å². The van der Waals surface area contributed by atoms with Gasteiger partial charge in [0.2, 0.25) is 0 Å². The van der Waals surface area contributed by atoms with E-state index >= 15 is 0 Å². The molecule has 1 N–H and O–H groups in total. The van der Waals surface area contributed by atoms with Gasteiger partial charge < -0.3 is 9.94 Å². The molecule has 0 aromatic heterocycles. The van der Waals surface area contributed by atoms with Gasteiger partial charge >= 0.3 is 5.97 Å². The lowest BCUT2D eigenvalue weighted by Gasteiger charge is -2.12. The van der Waals surface area contributed by atoms with Gasteiger partial charge in [0, 0.05) is 12.8 Å². The van der Waals surface area contributed by atoms with Gasteiger partial charge in [-0.15, -0.1) is 5.06 Å². The van der Waals surface area contributed by atoms with E-state index in [9.17, 15) is 19.5 Å². The maximum Gasteiger partial charge on any atom is 0.337 e. The second-order valence-electron chi connectivity index (χ2n) is 5.47. The Morgan fingerprint density at radius 3 is 2.29 bits per heavy atom. The molecule has 6 nitrogen and oxygen atoms in total. The van der Waals surface area contributed by atoms with Crippen LogP contribution in [0.15, 0.2) is 48.5 Å². The van der Waals surface area contributed by atoms with E-state index in [2.05, 4.69) is 0 Å². The van der Waals surface area contributed by atoms with Gasteiger partial charge in [-0.2, -0.15) is 0 Å². The second kappa shape index (κ2) is 6.54. The Morgan fingerprint density at radius 1 is 1.00 bits per heavy atom. The van der Waals surface area contributed by atoms with Crippen molar-refractivity contribution in [2.75, 3.05) is 0 Å². The van der Waals surface area contributed by atoms with Gasteiger partial charge in [-0.05, 0) is 28.8 Å². The Bertz CT molecular complexity index is 799. The minimum Gasteiger partial charge on any atom is -0.508 e. The molecule has 1 aliphatic heterocycles. The van der Waals surface area contributed by atoms with Gasteiger partial charge in [0.25, 0.3) is 11.8 Å². The van der Waals surface area contributed by atoms with Crippen molar-refractivity contribution in [3.63, 3.8) is 0 Å². The number of carbonyl (C=O) groups excluding carboxylic acids is 3. The molecule has 0 saturated carbocycles. The molecule has 1 fully saturated rings. The highest BCUT2D eigenvalue weighted by Crippen LogP contribution is 2.24. The minimum absolute atomic E-state index is 0.0658. The van der Waals surface area contributed by atoms with Gasteiger partial charge in [0.05, 0.1) is 6.42 Å². The third-order valence-corrected chi connectivity index (χ3v) is 3.65. The van der Waals surface area contributed by atoms with E-state index in [0.29, 0.717) is 10.6 Å². The number of nitrogens with zero attached hydrogens (tertiary/aromatic N) is 1. The maximum absolute atomic E-state index is 12.0. The molecular weight excluding hydrogens is 310 g/mol. The minimum atomic E-state index is -0.674. The highest BCUT2D eigenvalue weighted by atomic mass is 16.7. The standard InChI is InChI=1S/C18H15NO5/c20-15-6-2-5-14(11-15)13-4-1-3-12(9-13)10-18(23)24-19-16(21)7-8-17(19)22/h1-6,9,11,20H,7-8,10H2. The van der Waals surface area contributed by atoms with Crippen LogP contribution in [0.3, 0.4) is 0 Å². The van der Waals surface area contributed by atoms with Gasteiger partial charge in [0.15, 0.2) is 0 Å². The number of hydrogen-bond donors (Lipinski definition) is 1. The molecule has 0 spiro atoms. The quantitative estimate of drug-likeness (QED) is 0.871. The molecule has 0 atom stereocenters. The Labute approximate surface area is 138 Å². The van der Waals surface area contributed by atoms with Crippen LogP contribution in [0.5, 0.6) is 5.75 Å². The molecule has 2 amide bonds. The number of rotatable bonds is 4. The summed E-state index contributed by atoms with van der Waals surface area (Å²) in [4.78, 5) is 39.7. The Hall–Kier alpha value is -3.15. The monoisotopic (exact) mass is 325 g/mol. The lowest BCUT2D eigenvalue weighted by atomic mass is 10.0. The SMILES string of the molecule is O=C(Cc1cccc(-c2cccc(O)c2)c1)ON1C(=O)CCC1=O. The van der Waals surface area contributed by atoms with Crippen LogP contribution in [0.1, 0.15) is 18.4 Å². The van der Waals surface area contributed by atoms with Crippen LogP contribution in [0.4, 0.5) is 0 Å². The summed E-state index contributed by atoms with van der Waals surface area (Å²) in [6, 6.07) is 14.0. The fraction of sp³-hybridized carbons (Fsp3) is 0.167. The van der Waals surface area contributed by atoms with Crippen molar-refractivity contribution in [1.82, 2.24) is 5.06 Å². The maximum atomic E-state index is 12.0. The van der Waals surface area contributed by atoms with Gasteiger partial charge in [0.1, 0.15) is 5.75 Å². The number of aromatic hydroxyl groups is 1. The molecule has 122 valence electrons. The molecule has 1 heterocycles. The van der Waals surface area contributed by atoms with E-state index in [1.807, 2.05) is 12.1 Å². The van der Waals surface area contributed by atoms with Crippen LogP contribution < -0.4 is 0 Å². The lowest BCUT2D eigenvalue weighted by molar-refractivity contribution is -0.197. The van der Waals surface area contributed by atoms with E-state index < -0.39 is 17.8 Å². The van der Waals surface area contributed by atoms with Crippen LogP contribution in [-0.4, -0.2) is 28.0 Å². The summed E-state index contributed by atoms with van der Waals surface area (Å²) in [5.41, 5.74) is 2.33. The van der Waals surface area contributed by atoms with Crippen molar-refractivity contribution >= 4 is 17.8 Å². The number of phenolic OH excluding ortho intramolecular Hbond substituents is 1. The summed E-state index contributed by atoms with van der Waals surface area (Å²) in [6.07, 6.45) is 0.0713. The first-order valence-corrected chi connectivity index (χ1v) is 7.48. The predicted octanol–water partition coefficient (Wildman–Crippen LogP) is 2.21. The van der Waals surface area contributed by atoms with E-state index in [-0.39, 0.29) is 25.0 Å². The van der Waals surface area contributed by atoms with Crippen molar-refractivity contribution in [1.29, 1.82) is 0 Å². The molecule has 1 saturated heterocycles. The Kier molecular flexibility index (Phi) is 4.29. The van der Waals surface area contributed by atoms with E-state index in [1.54, 1.807) is 36.4 Å². The van der Waals surface area contributed by atoms with Crippen molar-refractivity contribution in [3.05, 3.63) is 54.1 Å². The molecular formula is C18H15NO5. The molecule has 3 rings (SSSR count). The summed E-state index contributed by atoms with van der Waals surface area (Å²) in [5.74, 6) is -1.52. The van der Waals surface area contributed by atoms with E-state index in [1.165, 1.54) is 0 Å². The molecule has 0 aliphatic carbocycles. The third-order valence-electron chi connectivity index (χ3n) is 3.65. The van der Waals surface area contributed by atoms with Crippen LogP contribution >= 0.6 is 0 Å². The summed E-state index contributed by atoms with van der Waals surface area (Å²) in [6.45, 7) is 0. The average Bonchev–Trinajstić information content (AvgIpc) is 2.87. The fourth-order valence-electron chi connectivity index (χ4n) is 2.50. The lowest BCUT2D eigenvalue weighted by Crippen LogP contribution is -2.32. The highest BCUT2D eigenvalue weighted by Gasteiger charge is 2.32. The Balaban J connectivity index is 1.71. The molecule has 2 aromatic carbocycles. The molecule has 24 heavy (non-hydrogen) atoms. The van der Waals surface area contributed by atoms with Crippen LogP contribution in [-0.2, 0) is 25.6 Å². The molecule has 0 bridgehead atoms. The third kappa shape index (κ3) is 3.43. The molecule has 2 aromatic rings. The summed E-state index contributed by atoms with van der Waals surface area (Å²) in [5, 5.41) is 10.1. The largest absolute Gasteiger partial charge is 0.508 e. The summed E-state index contributed by atoms with van der Waals surface area (Å²) >= 11 is 0. The van der Waals surface area contributed by atoms with Crippen molar-refractivity contribution in [3.8, 4) is 16.9 Å². The average molecular weight is 325 g/mol. The molecule has 0 radical (unpaired) electrons. The number of imide groups is 1. The van der Waals surface area contributed by atoms with Crippen LogP contribution in [0.2, 0.25) is 0 Å². The van der Waals surface area contributed by atoms with E-state index in [0.717, 1.165) is 11.1 Å². The first-order valence-electron chi connectivity index (χ1n) is 7.48. The first kappa shape index (κ1) is 15.7. The summed E-state index contributed by atoms with van der Waals surface area (Å²) in [7, 11) is 0. The van der Waals surface area contributed by atoms with Crippen molar-refractivity contribution in [2.24, 2.45) is 0 Å².